The van der Waals surface area contributed by atoms with Crippen LogP contribution in [0.4, 0.5) is 0 Å². The van der Waals surface area contributed by atoms with Gasteiger partial charge in [0.1, 0.15) is 9.52 Å². The van der Waals surface area contributed by atoms with Gasteiger partial charge in [0.15, 0.2) is 0 Å². The molecular formula is C18H21ClSi. The Morgan fingerprint density at radius 1 is 1.05 bits per heavy atom. The zero-order valence-corrected chi connectivity index (χ0v) is 14.2. The molecule has 104 valence electrons. The lowest BCUT2D eigenvalue weighted by molar-refractivity contribution is 0.796. The largest absolute Gasteiger partial charge is 0.123 e. The van der Waals surface area contributed by atoms with Gasteiger partial charge in [-0.05, 0) is 37.4 Å². The molecule has 0 spiro atoms. The van der Waals surface area contributed by atoms with Crippen LogP contribution in [-0.4, -0.2) is 9.52 Å². The molecule has 0 bridgehead atoms. The number of unbranched alkanes of at least 4 members (excludes halogenated alkanes) is 1. The van der Waals surface area contributed by atoms with Crippen LogP contribution >= 0.6 is 11.6 Å². The van der Waals surface area contributed by atoms with Gasteiger partial charge in [-0.1, -0.05) is 77.7 Å². The van der Waals surface area contributed by atoms with E-state index in [-0.39, 0.29) is 0 Å². The van der Waals surface area contributed by atoms with E-state index in [0.29, 0.717) is 9.52 Å². The van der Waals surface area contributed by atoms with Crippen LogP contribution in [0, 0.1) is 13.8 Å². The third kappa shape index (κ3) is 3.97. The number of hydrogen-bond acceptors (Lipinski definition) is 0. The van der Waals surface area contributed by atoms with Crippen molar-refractivity contribution in [2.24, 2.45) is 0 Å². The summed E-state index contributed by atoms with van der Waals surface area (Å²) < 4.78 is 0. The average Bonchev–Trinajstić information content (AvgIpc) is 2.38. The molecule has 0 unspecified atom stereocenters. The van der Waals surface area contributed by atoms with Gasteiger partial charge < -0.3 is 0 Å². The first kappa shape index (κ1) is 15.3. The molecule has 0 heterocycles. The van der Waals surface area contributed by atoms with Crippen molar-refractivity contribution in [3.05, 3.63) is 58.1 Å². The van der Waals surface area contributed by atoms with E-state index in [1.54, 1.807) is 0 Å². The topological polar surface area (TPSA) is 0 Å². The first-order valence-corrected chi connectivity index (χ1v) is 8.60. The molecule has 0 aliphatic carbocycles. The van der Waals surface area contributed by atoms with Gasteiger partial charge in [0.05, 0.1) is 0 Å². The van der Waals surface area contributed by atoms with Crippen LogP contribution in [-0.2, 0) is 6.42 Å². The highest BCUT2D eigenvalue weighted by molar-refractivity contribution is 6.70. The van der Waals surface area contributed by atoms with E-state index in [9.17, 15) is 0 Å². The first-order chi connectivity index (χ1) is 9.60. The summed E-state index contributed by atoms with van der Waals surface area (Å²) in [5.74, 6) is 0. The predicted molar refractivity (Wildman–Crippen MR) is 91.0 cm³/mol. The monoisotopic (exact) mass is 300 g/mol. The van der Waals surface area contributed by atoms with Gasteiger partial charge in [0.25, 0.3) is 0 Å². The summed E-state index contributed by atoms with van der Waals surface area (Å²) in [5.41, 5.74) is 3.94. The molecule has 2 rings (SSSR count). The minimum absolute atomic E-state index is 0.638. The highest BCUT2D eigenvalue weighted by atomic mass is 35.5. The lowest BCUT2D eigenvalue weighted by Crippen LogP contribution is -2.28. The van der Waals surface area contributed by atoms with Crippen LogP contribution in [0.1, 0.15) is 36.5 Å². The highest BCUT2D eigenvalue weighted by Gasteiger charge is 2.08. The summed E-state index contributed by atoms with van der Waals surface area (Å²) in [6, 6.07) is 13.2. The average molecular weight is 301 g/mol. The van der Waals surface area contributed by atoms with Crippen molar-refractivity contribution in [1.29, 1.82) is 0 Å². The summed E-state index contributed by atoms with van der Waals surface area (Å²) in [6.07, 6.45) is 3.50. The second kappa shape index (κ2) is 7.10. The molecule has 0 amide bonds. The SMILES string of the molecule is CCCCc1cccc([Si]c2cc(C)cc(C)c2)c1Cl. The van der Waals surface area contributed by atoms with E-state index in [4.69, 9.17) is 11.6 Å². The van der Waals surface area contributed by atoms with Gasteiger partial charge in [-0.3, -0.25) is 0 Å². The van der Waals surface area contributed by atoms with Crippen molar-refractivity contribution in [2.75, 3.05) is 0 Å². The van der Waals surface area contributed by atoms with Crippen molar-refractivity contribution in [3.8, 4) is 0 Å². The number of aryl methyl sites for hydroxylation is 3. The Labute approximate surface area is 130 Å². The molecule has 0 aromatic heterocycles. The van der Waals surface area contributed by atoms with E-state index in [1.807, 2.05) is 0 Å². The summed E-state index contributed by atoms with van der Waals surface area (Å²) >= 11 is 6.58. The van der Waals surface area contributed by atoms with Crippen LogP contribution in [0.3, 0.4) is 0 Å². The van der Waals surface area contributed by atoms with E-state index in [2.05, 4.69) is 57.2 Å². The molecule has 0 aliphatic heterocycles. The summed E-state index contributed by atoms with van der Waals surface area (Å²) in [7, 11) is 0.638. The molecule has 0 saturated carbocycles. The van der Waals surface area contributed by atoms with Crippen molar-refractivity contribution in [2.45, 2.75) is 40.0 Å². The van der Waals surface area contributed by atoms with Crippen molar-refractivity contribution < 1.29 is 0 Å². The molecule has 0 nitrogen and oxygen atoms in total. The molecule has 20 heavy (non-hydrogen) atoms. The van der Waals surface area contributed by atoms with Crippen LogP contribution in [0.25, 0.3) is 0 Å². The number of benzene rings is 2. The Hall–Kier alpha value is -1.05. The zero-order chi connectivity index (χ0) is 14.5. The van der Waals surface area contributed by atoms with E-state index in [1.165, 1.54) is 39.9 Å². The standard InChI is InChI=1S/C18H21ClSi/c1-4-5-7-15-8-6-9-17(18(15)19)20-16-11-13(2)10-14(3)12-16/h6,8-12H,4-5,7H2,1-3H3. The summed E-state index contributed by atoms with van der Waals surface area (Å²) in [4.78, 5) is 0. The van der Waals surface area contributed by atoms with Crippen molar-refractivity contribution in [3.63, 3.8) is 0 Å². The molecule has 0 N–H and O–H groups in total. The molecule has 0 aliphatic rings. The Kier molecular flexibility index (Phi) is 5.44. The maximum Gasteiger partial charge on any atom is 0.123 e. The fourth-order valence-corrected chi connectivity index (χ4v) is 4.16. The Balaban J connectivity index is 2.24. The maximum absolute atomic E-state index is 6.58. The normalized spacial score (nSPS) is 10.8. The molecular weight excluding hydrogens is 280 g/mol. The zero-order valence-electron chi connectivity index (χ0n) is 12.5. The third-order valence-electron chi connectivity index (χ3n) is 3.38. The van der Waals surface area contributed by atoms with Gasteiger partial charge in [0.2, 0.25) is 0 Å². The van der Waals surface area contributed by atoms with E-state index >= 15 is 0 Å². The van der Waals surface area contributed by atoms with Gasteiger partial charge in [0, 0.05) is 5.02 Å². The highest BCUT2D eigenvalue weighted by Crippen LogP contribution is 2.15. The smallest absolute Gasteiger partial charge is 0.0842 e. The van der Waals surface area contributed by atoms with Gasteiger partial charge in [-0.15, -0.1) is 0 Å². The van der Waals surface area contributed by atoms with Crippen LogP contribution in [0.15, 0.2) is 36.4 Å². The van der Waals surface area contributed by atoms with E-state index in [0.717, 1.165) is 11.4 Å². The fourth-order valence-electron chi connectivity index (χ4n) is 2.44. The second-order valence-corrected chi connectivity index (χ2v) is 7.13. The maximum atomic E-state index is 6.58. The molecule has 0 atom stereocenters. The van der Waals surface area contributed by atoms with Crippen LogP contribution in [0.2, 0.25) is 5.02 Å². The molecule has 2 radical (unpaired) electrons. The molecule has 0 fully saturated rings. The number of halogens is 1. The van der Waals surface area contributed by atoms with Crippen LogP contribution in [0.5, 0.6) is 0 Å². The molecule has 2 heteroatoms. The number of rotatable bonds is 5. The second-order valence-electron chi connectivity index (χ2n) is 5.38. The Morgan fingerprint density at radius 3 is 2.40 bits per heavy atom. The van der Waals surface area contributed by atoms with Gasteiger partial charge in [-0.25, -0.2) is 0 Å². The molecule has 2 aromatic rings. The molecule has 0 saturated heterocycles. The predicted octanol–water partition coefficient (Wildman–Crippen LogP) is 3.95. The third-order valence-corrected chi connectivity index (χ3v) is 5.25. The Morgan fingerprint density at radius 2 is 1.75 bits per heavy atom. The van der Waals surface area contributed by atoms with Crippen molar-refractivity contribution >= 4 is 31.5 Å². The quantitative estimate of drug-likeness (QED) is 0.733. The molecule has 2 aromatic carbocycles. The van der Waals surface area contributed by atoms with Gasteiger partial charge in [-0.2, -0.15) is 0 Å². The lowest BCUT2D eigenvalue weighted by atomic mass is 10.1. The minimum atomic E-state index is 0.638. The Bertz CT molecular complexity index is 570. The van der Waals surface area contributed by atoms with Crippen molar-refractivity contribution in [1.82, 2.24) is 0 Å². The van der Waals surface area contributed by atoms with Crippen LogP contribution < -0.4 is 10.4 Å². The first-order valence-electron chi connectivity index (χ1n) is 7.23. The number of hydrogen-bond donors (Lipinski definition) is 0. The summed E-state index contributed by atoms with van der Waals surface area (Å²) in [5, 5.41) is 3.61. The fraction of sp³-hybridized carbons (Fsp3) is 0.333. The van der Waals surface area contributed by atoms with Gasteiger partial charge >= 0.3 is 0 Å². The summed E-state index contributed by atoms with van der Waals surface area (Å²) in [6.45, 7) is 6.52. The minimum Gasteiger partial charge on any atom is -0.0842 e. The lowest BCUT2D eigenvalue weighted by Gasteiger charge is -2.10. The van der Waals surface area contributed by atoms with E-state index < -0.39 is 0 Å².